The summed E-state index contributed by atoms with van der Waals surface area (Å²) in [5.41, 5.74) is 7.75. The van der Waals surface area contributed by atoms with Crippen molar-refractivity contribution in [2.75, 3.05) is 11.9 Å². The average Bonchev–Trinajstić information content (AvgIpc) is 2.14. The summed E-state index contributed by atoms with van der Waals surface area (Å²) >= 11 is 3.39. The van der Waals surface area contributed by atoms with Gasteiger partial charge in [0.25, 0.3) is 0 Å². The van der Waals surface area contributed by atoms with Crippen LogP contribution in [-0.2, 0) is 4.79 Å². The number of benzene rings is 1. The number of carbonyl (C=O) groups is 2. The lowest BCUT2D eigenvalue weighted by Gasteiger charge is -2.12. The summed E-state index contributed by atoms with van der Waals surface area (Å²) in [5.74, 6) is -0.459. The Balaban J connectivity index is 2.70. The van der Waals surface area contributed by atoms with Gasteiger partial charge in [0.2, 0.25) is 5.91 Å². The normalized spacial score (nSPS) is 9.82. The molecule has 0 atom stereocenters. The molecule has 0 fully saturated rings. The molecule has 6 heteroatoms. The van der Waals surface area contributed by atoms with Crippen molar-refractivity contribution in [2.24, 2.45) is 5.73 Å². The Morgan fingerprint density at radius 1 is 1.29 bits per heavy atom. The molecule has 0 aliphatic heterocycles. The summed E-state index contributed by atoms with van der Waals surface area (Å²) in [6, 6.07) is 3.05. The summed E-state index contributed by atoms with van der Waals surface area (Å²) in [7, 11) is 0. The highest BCUT2D eigenvalue weighted by Crippen LogP contribution is 2.24. The van der Waals surface area contributed by atoms with Crippen LogP contribution in [0.15, 0.2) is 16.6 Å². The van der Waals surface area contributed by atoms with Crippen molar-refractivity contribution in [1.82, 2.24) is 5.32 Å². The molecule has 1 aromatic rings. The molecular formula is C11H14BrN3O2. The quantitative estimate of drug-likeness (QED) is 0.794. The van der Waals surface area contributed by atoms with Crippen LogP contribution < -0.4 is 16.4 Å². The second-order valence-corrected chi connectivity index (χ2v) is 4.60. The summed E-state index contributed by atoms with van der Waals surface area (Å²) in [6.07, 6.45) is 0. The lowest BCUT2D eigenvalue weighted by molar-refractivity contribution is -0.118. The zero-order valence-electron chi connectivity index (χ0n) is 9.63. The maximum absolute atomic E-state index is 11.2. The van der Waals surface area contributed by atoms with Gasteiger partial charge in [0.1, 0.15) is 0 Å². The van der Waals surface area contributed by atoms with E-state index in [1.54, 1.807) is 0 Å². The lowest BCUT2D eigenvalue weighted by atomic mass is 10.1. The molecule has 0 radical (unpaired) electrons. The summed E-state index contributed by atoms with van der Waals surface area (Å²) in [4.78, 5) is 21.7. The van der Waals surface area contributed by atoms with Gasteiger partial charge in [-0.1, -0.05) is 15.9 Å². The van der Waals surface area contributed by atoms with Gasteiger partial charge < -0.3 is 11.1 Å². The summed E-state index contributed by atoms with van der Waals surface area (Å²) in [5, 5.41) is 4.96. The van der Waals surface area contributed by atoms with Gasteiger partial charge in [-0.15, -0.1) is 0 Å². The molecule has 0 aromatic heterocycles. The predicted octanol–water partition coefficient (Wildman–Crippen LogP) is 1.67. The standard InChI is InChI=1S/C11H14BrN3O2/c1-6-3-8(12)4-7(2)10(6)14-5-9(16)15-11(13)17/h3-4,14H,5H2,1-2H3,(H3,13,15,16,17). The second-order valence-electron chi connectivity index (χ2n) is 3.68. The molecule has 17 heavy (non-hydrogen) atoms. The Kier molecular flexibility index (Phi) is 4.51. The zero-order chi connectivity index (χ0) is 13.0. The van der Waals surface area contributed by atoms with Crippen LogP contribution >= 0.6 is 15.9 Å². The molecule has 0 saturated carbocycles. The van der Waals surface area contributed by atoms with Crippen molar-refractivity contribution in [3.05, 3.63) is 27.7 Å². The van der Waals surface area contributed by atoms with E-state index in [-0.39, 0.29) is 6.54 Å². The van der Waals surface area contributed by atoms with Crippen LogP contribution in [0.3, 0.4) is 0 Å². The molecule has 1 rings (SSSR count). The number of hydrogen-bond donors (Lipinski definition) is 3. The molecule has 4 N–H and O–H groups in total. The van der Waals surface area contributed by atoms with E-state index < -0.39 is 11.9 Å². The third kappa shape index (κ3) is 4.07. The molecule has 0 aliphatic rings. The van der Waals surface area contributed by atoms with Crippen LogP contribution in [0.5, 0.6) is 0 Å². The monoisotopic (exact) mass is 299 g/mol. The first-order valence-corrected chi connectivity index (χ1v) is 5.79. The smallest absolute Gasteiger partial charge is 0.318 e. The van der Waals surface area contributed by atoms with E-state index in [2.05, 4.69) is 21.2 Å². The lowest BCUT2D eigenvalue weighted by Crippen LogP contribution is -2.38. The van der Waals surface area contributed by atoms with Crippen molar-refractivity contribution in [3.8, 4) is 0 Å². The highest BCUT2D eigenvalue weighted by Gasteiger charge is 2.07. The zero-order valence-corrected chi connectivity index (χ0v) is 11.2. The van der Waals surface area contributed by atoms with Gasteiger partial charge in [-0.2, -0.15) is 0 Å². The molecular weight excluding hydrogens is 286 g/mol. The Bertz CT molecular complexity index is 437. The minimum atomic E-state index is -0.846. The van der Waals surface area contributed by atoms with Crippen molar-refractivity contribution < 1.29 is 9.59 Å². The first-order chi connectivity index (χ1) is 7.90. The van der Waals surface area contributed by atoms with Gasteiger partial charge in [0.05, 0.1) is 6.54 Å². The molecule has 0 heterocycles. The number of amides is 3. The Morgan fingerprint density at radius 2 is 1.82 bits per heavy atom. The van der Waals surface area contributed by atoms with E-state index in [9.17, 15) is 9.59 Å². The van der Waals surface area contributed by atoms with Gasteiger partial charge in [-0.3, -0.25) is 10.1 Å². The van der Waals surface area contributed by atoms with Crippen molar-refractivity contribution in [1.29, 1.82) is 0 Å². The third-order valence-electron chi connectivity index (χ3n) is 2.19. The van der Waals surface area contributed by atoms with Crippen LogP contribution in [0.25, 0.3) is 0 Å². The van der Waals surface area contributed by atoms with E-state index in [0.29, 0.717) is 0 Å². The summed E-state index contributed by atoms with van der Waals surface area (Å²) < 4.78 is 0.986. The van der Waals surface area contributed by atoms with E-state index in [1.165, 1.54) is 0 Å². The van der Waals surface area contributed by atoms with Gasteiger partial charge in [-0.25, -0.2) is 4.79 Å². The first-order valence-electron chi connectivity index (χ1n) is 5.00. The maximum atomic E-state index is 11.2. The number of carbonyl (C=O) groups excluding carboxylic acids is 2. The second kappa shape index (κ2) is 5.67. The van der Waals surface area contributed by atoms with Gasteiger partial charge in [-0.05, 0) is 37.1 Å². The minimum absolute atomic E-state index is 0.00620. The molecule has 0 aliphatic carbocycles. The Labute approximate surface area is 108 Å². The van der Waals surface area contributed by atoms with Crippen molar-refractivity contribution in [3.63, 3.8) is 0 Å². The van der Waals surface area contributed by atoms with Gasteiger partial charge in [0, 0.05) is 10.2 Å². The number of nitrogens with two attached hydrogens (primary N) is 1. The van der Waals surface area contributed by atoms with Crippen LogP contribution in [0.1, 0.15) is 11.1 Å². The molecule has 0 bridgehead atoms. The molecule has 0 saturated heterocycles. The Morgan fingerprint density at radius 3 is 2.29 bits per heavy atom. The fourth-order valence-electron chi connectivity index (χ4n) is 1.54. The van der Waals surface area contributed by atoms with E-state index in [0.717, 1.165) is 21.3 Å². The van der Waals surface area contributed by atoms with Gasteiger partial charge in [0.15, 0.2) is 0 Å². The number of rotatable bonds is 3. The van der Waals surface area contributed by atoms with Crippen LogP contribution in [-0.4, -0.2) is 18.5 Å². The van der Waals surface area contributed by atoms with E-state index in [4.69, 9.17) is 5.73 Å². The highest BCUT2D eigenvalue weighted by atomic mass is 79.9. The van der Waals surface area contributed by atoms with Crippen LogP contribution in [0, 0.1) is 13.8 Å². The number of anilines is 1. The number of urea groups is 1. The molecule has 3 amide bonds. The van der Waals surface area contributed by atoms with E-state index >= 15 is 0 Å². The largest absolute Gasteiger partial charge is 0.376 e. The first kappa shape index (κ1) is 13.5. The fourth-order valence-corrected chi connectivity index (χ4v) is 2.23. The average molecular weight is 300 g/mol. The Hall–Kier alpha value is -1.56. The summed E-state index contributed by atoms with van der Waals surface area (Å²) in [6.45, 7) is 3.88. The minimum Gasteiger partial charge on any atom is -0.376 e. The van der Waals surface area contributed by atoms with Crippen LogP contribution in [0.2, 0.25) is 0 Å². The number of nitrogens with one attached hydrogen (secondary N) is 2. The number of imide groups is 1. The topological polar surface area (TPSA) is 84.2 Å². The predicted molar refractivity (Wildman–Crippen MR) is 69.8 cm³/mol. The number of halogens is 1. The van der Waals surface area contributed by atoms with Crippen molar-refractivity contribution >= 4 is 33.6 Å². The third-order valence-corrected chi connectivity index (χ3v) is 2.64. The molecule has 5 nitrogen and oxygen atoms in total. The molecule has 92 valence electrons. The number of primary amides is 1. The molecule has 0 unspecified atom stereocenters. The van der Waals surface area contributed by atoms with Gasteiger partial charge >= 0.3 is 6.03 Å². The van der Waals surface area contributed by atoms with E-state index in [1.807, 2.05) is 31.3 Å². The maximum Gasteiger partial charge on any atom is 0.318 e. The SMILES string of the molecule is Cc1cc(Br)cc(C)c1NCC(=O)NC(N)=O. The number of aryl methyl sites for hydroxylation is 2. The molecule has 1 aromatic carbocycles. The van der Waals surface area contributed by atoms with Crippen LogP contribution in [0.4, 0.5) is 10.5 Å². The van der Waals surface area contributed by atoms with Crippen molar-refractivity contribution in [2.45, 2.75) is 13.8 Å². The highest BCUT2D eigenvalue weighted by molar-refractivity contribution is 9.10. The fraction of sp³-hybridized carbons (Fsp3) is 0.273. The number of hydrogen-bond acceptors (Lipinski definition) is 3. The molecule has 0 spiro atoms.